The van der Waals surface area contributed by atoms with E-state index in [-0.39, 0.29) is 12.5 Å². The Morgan fingerprint density at radius 2 is 1.75 bits per heavy atom. The minimum atomic E-state index is -1.41. The van der Waals surface area contributed by atoms with E-state index in [1.54, 1.807) is 18.2 Å². The maximum absolute atomic E-state index is 11.6. The van der Waals surface area contributed by atoms with Gasteiger partial charge < -0.3 is 25.3 Å². The van der Waals surface area contributed by atoms with E-state index in [1.165, 1.54) is 0 Å². The van der Waals surface area contributed by atoms with E-state index in [4.69, 9.17) is 10.5 Å². The molecule has 5 rings (SSSR count). The normalized spacial score (nSPS) is 11.3. The molecule has 0 atom stereocenters. The zero-order chi connectivity index (χ0) is 22.2. The molecule has 0 spiro atoms. The minimum absolute atomic E-state index is 0.0819. The Bertz CT molecular complexity index is 1460. The predicted molar refractivity (Wildman–Crippen MR) is 123 cm³/mol. The first kappa shape index (κ1) is 20.0. The Balaban J connectivity index is 1.74. The third kappa shape index (κ3) is 3.53. The first-order valence-electron chi connectivity index (χ1n) is 9.77. The summed E-state index contributed by atoms with van der Waals surface area (Å²) >= 11 is 1.15. The number of carbonyl (C=O) groups is 1. The number of hydrogen-bond acceptors (Lipinski definition) is 7. The molecule has 0 aliphatic heterocycles. The Morgan fingerprint density at radius 1 is 1.00 bits per heavy atom. The number of aromatic nitrogens is 3. The molecule has 0 radical (unpaired) electrons. The van der Waals surface area contributed by atoms with Gasteiger partial charge in [0.1, 0.15) is 11.0 Å². The lowest BCUT2D eigenvalue weighted by molar-refractivity contribution is 0.141. The molecule has 9 heteroatoms. The van der Waals surface area contributed by atoms with Gasteiger partial charge in [-0.1, -0.05) is 30.3 Å². The van der Waals surface area contributed by atoms with Crippen molar-refractivity contribution in [1.29, 1.82) is 0 Å². The van der Waals surface area contributed by atoms with Crippen molar-refractivity contribution >= 4 is 45.5 Å². The number of fused-ring (bicyclic) bond motifs is 2. The van der Waals surface area contributed by atoms with Crippen LogP contribution < -0.4 is 10.5 Å². The molecule has 4 N–H and O–H groups in total. The van der Waals surface area contributed by atoms with E-state index in [2.05, 4.69) is 8.75 Å². The van der Waals surface area contributed by atoms with Crippen LogP contribution in [0.1, 0.15) is 11.1 Å². The average Bonchev–Trinajstić information content (AvgIpc) is 3.36. The van der Waals surface area contributed by atoms with Crippen LogP contribution in [0.5, 0.6) is 5.88 Å². The van der Waals surface area contributed by atoms with Crippen molar-refractivity contribution in [1.82, 2.24) is 13.3 Å². The van der Waals surface area contributed by atoms with Crippen LogP contribution in [0.25, 0.3) is 33.1 Å². The highest BCUT2D eigenvalue weighted by Gasteiger charge is 2.23. The molecule has 0 aliphatic carbocycles. The molecular weight excluding hydrogens is 428 g/mol. The number of rotatable bonds is 5. The molecule has 32 heavy (non-hydrogen) atoms. The summed E-state index contributed by atoms with van der Waals surface area (Å²) in [5.41, 5.74) is 12.1. The maximum atomic E-state index is 11.6. The fourth-order valence-electron chi connectivity index (χ4n) is 3.86. The monoisotopic (exact) mass is 446 g/mol. The molecule has 2 heterocycles. The lowest BCUT2D eigenvalue weighted by atomic mass is 10.0. The lowest BCUT2D eigenvalue weighted by Crippen LogP contribution is -2.10. The number of hydrogen-bond donors (Lipinski definition) is 3. The summed E-state index contributed by atoms with van der Waals surface area (Å²) in [5.74, 6) is 0.200. The lowest BCUT2D eigenvalue weighted by Gasteiger charge is -2.11. The quantitative estimate of drug-likeness (QED) is 0.268. The molecule has 0 unspecified atom stereocenters. The molecular formula is C23H18N4O4S. The van der Waals surface area contributed by atoms with Crippen molar-refractivity contribution in [2.45, 2.75) is 13.2 Å². The van der Waals surface area contributed by atoms with Crippen LogP contribution in [0.3, 0.4) is 0 Å². The summed E-state index contributed by atoms with van der Waals surface area (Å²) in [6.45, 7) is 0.284. The topological polar surface area (TPSA) is 123 Å². The number of carboxylic acid groups (broad SMARTS) is 1. The molecule has 0 saturated carbocycles. The highest BCUT2D eigenvalue weighted by molar-refractivity contribution is 7.00. The van der Waals surface area contributed by atoms with Crippen LogP contribution in [0.4, 0.5) is 10.5 Å². The predicted octanol–water partition coefficient (Wildman–Crippen LogP) is 4.49. The molecule has 0 aliphatic rings. The molecule has 0 fully saturated rings. The van der Waals surface area contributed by atoms with Gasteiger partial charge in [-0.2, -0.15) is 8.75 Å². The average molecular weight is 446 g/mol. The van der Waals surface area contributed by atoms with Crippen LogP contribution in [-0.2, 0) is 13.2 Å². The molecule has 8 nitrogen and oxygen atoms in total. The molecule has 0 bridgehead atoms. The number of ether oxygens (including phenoxy) is 1. The summed E-state index contributed by atoms with van der Waals surface area (Å²) in [7, 11) is 0. The van der Waals surface area contributed by atoms with Crippen molar-refractivity contribution in [2.24, 2.45) is 0 Å². The van der Waals surface area contributed by atoms with Gasteiger partial charge in [0, 0.05) is 11.1 Å². The maximum Gasteiger partial charge on any atom is 0.512 e. The van der Waals surface area contributed by atoms with Crippen LogP contribution in [0.2, 0.25) is 0 Å². The highest BCUT2D eigenvalue weighted by Crippen LogP contribution is 2.41. The molecule has 0 amide bonds. The second-order valence-electron chi connectivity index (χ2n) is 7.35. The Kier molecular flexibility index (Phi) is 4.96. The first-order valence-corrected chi connectivity index (χ1v) is 10.5. The molecule has 5 aromatic rings. The summed E-state index contributed by atoms with van der Waals surface area (Å²) in [6.07, 6.45) is -1.41. The zero-order valence-electron chi connectivity index (χ0n) is 16.7. The van der Waals surface area contributed by atoms with E-state index in [1.807, 2.05) is 47.0 Å². The summed E-state index contributed by atoms with van der Waals surface area (Å²) in [6, 6.07) is 18.4. The van der Waals surface area contributed by atoms with E-state index >= 15 is 0 Å². The van der Waals surface area contributed by atoms with Crippen LogP contribution >= 0.6 is 11.7 Å². The van der Waals surface area contributed by atoms with Crippen molar-refractivity contribution in [3.63, 3.8) is 0 Å². The van der Waals surface area contributed by atoms with Gasteiger partial charge >= 0.3 is 6.16 Å². The van der Waals surface area contributed by atoms with Gasteiger partial charge in [0.05, 0.1) is 36.0 Å². The van der Waals surface area contributed by atoms with E-state index < -0.39 is 6.16 Å². The number of nitrogens with two attached hydrogens (primary N) is 1. The van der Waals surface area contributed by atoms with Crippen molar-refractivity contribution in [3.8, 4) is 17.0 Å². The third-order valence-corrected chi connectivity index (χ3v) is 5.86. The van der Waals surface area contributed by atoms with Gasteiger partial charge in [-0.05, 0) is 47.0 Å². The van der Waals surface area contributed by atoms with Gasteiger partial charge in [0.25, 0.3) is 0 Å². The number of aliphatic hydroxyl groups excluding tert-OH is 1. The van der Waals surface area contributed by atoms with E-state index in [9.17, 15) is 15.0 Å². The molecule has 3 aromatic carbocycles. The number of aliphatic hydroxyl groups is 1. The number of nitrogens with zero attached hydrogens (tertiary/aromatic N) is 3. The molecule has 0 saturated heterocycles. The second kappa shape index (κ2) is 7.95. The van der Waals surface area contributed by atoms with Gasteiger partial charge in [0.15, 0.2) is 0 Å². The molecule has 160 valence electrons. The summed E-state index contributed by atoms with van der Waals surface area (Å²) < 4.78 is 15.7. The summed E-state index contributed by atoms with van der Waals surface area (Å²) in [5, 5.41) is 19.6. The van der Waals surface area contributed by atoms with E-state index in [0.717, 1.165) is 50.4 Å². The highest BCUT2D eigenvalue weighted by atomic mass is 32.1. The standard InChI is InChI=1S/C23H18N4O4S/c24-16-6-8-20-17(10-16)21(15-4-1-13(12-28)2-5-15)22(31-23(29)30)27(20)11-14-3-7-18-19(9-14)26-32-25-18/h1-10,28H,11-12,24H2,(H,29,30). The summed E-state index contributed by atoms with van der Waals surface area (Å²) in [4.78, 5) is 11.6. The fourth-order valence-corrected chi connectivity index (χ4v) is 4.38. The fraction of sp³-hybridized carbons (Fsp3) is 0.0870. The van der Waals surface area contributed by atoms with Crippen molar-refractivity contribution in [2.75, 3.05) is 5.73 Å². The number of nitrogen functional groups attached to an aromatic ring is 1. The van der Waals surface area contributed by atoms with Gasteiger partial charge in [-0.3, -0.25) is 0 Å². The van der Waals surface area contributed by atoms with E-state index in [0.29, 0.717) is 17.8 Å². The zero-order valence-corrected chi connectivity index (χ0v) is 17.5. The van der Waals surface area contributed by atoms with Crippen LogP contribution in [0.15, 0.2) is 60.7 Å². The van der Waals surface area contributed by atoms with Gasteiger partial charge in [-0.25, -0.2) is 4.79 Å². The molecule has 2 aromatic heterocycles. The van der Waals surface area contributed by atoms with Crippen LogP contribution in [-0.4, -0.2) is 29.7 Å². The van der Waals surface area contributed by atoms with Crippen LogP contribution in [0, 0.1) is 0 Å². The number of benzene rings is 3. The first-order chi connectivity index (χ1) is 15.5. The Hall–Kier alpha value is -3.95. The Labute approximate surface area is 186 Å². The minimum Gasteiger partial charge on any atom is -0.449 e. The van der Waals surface area contributed by atoms with Crippen molar-refractivity contribution < 1.29 is 19.7 Å². The largest absolute Gasteiger partial charge is 0.512 e. The SMILES string of the molecule is Nc1ccc2c(c1)c(-c1ccc(CO)cc1)c(OC(=O)O)n2Cc1ccc2nsnc2c1. The Morgan fingerprint density at radius 3 is 2.50 bits per heavy atom. The smallest absolute Gasteiger partial charge is 0.449 e. The number of anilines is 1. The van der Waals surface area contributed by atoms with Gasteiger partial charge in [0.2, 0.25) is 5.88 Å². The van der Waals surface area contributed by atoms with Crippen molar-refractivity contribution in [3.05, 3.63) is 71.8 Å². The van der Waals surface area contributed by atoms with Gasteiger partial charge in [-0.15, -0.1) is 0 Å². The third-order valence-electron chi connectivity index (χ3n) is 5.31. The second-order valence-corrected chi connectivity index (χ2v) is 7.88.